The Hall–Kier alpha value is -1.99. The third-order valence-electron chi connectivity index (χ3n) is 5.83. The van der Waals surface area contributed by atoms with E-state index < -0.39 is 5.92 Å². The van der Waals surface area contributed by atoms with Gasteiger partial charge in [-0.25, -0.2) is 0 Å². The molecule has 2 heterocycles. The fraction of sp³-hybridized carbons (Fsp3) is 0.400. The summed E-state index contributed by atoms with van der Waals surface area (Å²) in [7, 11) is 0. The second kappa shape index (κ2) is 10.3. The first-order valence-electron chi connectivity index (χ1n) is 10.8. The molecule has 7 heteroatoms. The van der Waals surface area contributed by atoms with Crippen molar-refractivity contribution < 1.29 is 14.4 Å². The lowest BCUT2D eigenvalue weighted by Gasteiger charge is -2.36. The minimum atomic E-state index is -0.536. The number of benzene rings is 2. The van der Waals surface area contributed by atoms with Gasteiger partial charge in [0.15, 0.2) is 11.6 Å². The Kier molecular flexibility index (Phi) is 7.93. The van der Waals surface area contributed by atoms with Crippen molar-refractivity contribution in [1.82, 2.24) is 0 Å². The molecule has 1 atom stereocenters. The molecule has 0 spiro atoms. The zero-order valence-electron chi connectivity index (χ0n) is 18.8. The predicted molar refractivity (Wildman–Crippen MR) is 136 cm³/mol. The average Bonchev–Trinajstić information content (AvgIpc) is 2.74. The molecular formula is C25H28Br2N2O3. The van der Waals surface area contributed by atoms with E-state index in [1.54, 1.807) is 6.07 Å². The maximum Gasteiger partial charge on any atom is 0.176 e. The summed E-state index contributed by atoms with van der Waals surface area (Å²) in [6, 6.07) is 12.1. The topological polar surface area (TPSA) is 57.7 Å². The summed E-state index contributed by atoms with van der Waals surface area (Å²) in [6.45, 7) is 9.73. The van der Waals surface area contributed by atoms with Crippen LogP contribution < -0.4 is 9.80 Å². The van der Waals surface area contributed by atoms with E-state index in [4.69, 9.17) is 0 Å². The molecule has 0 aliphatic carbocycles. The van der Waals surface area contributed by atoms with Gasteiger partial charge in [-0.3, -0.25) is 9.59 Å². The molecule has 2 aliphatic heterocycles. The van der Waals surface area contributed by atoms with Gasteiger partial charge in [-0.05, 0) is 64.1 Å². The molecule has 0 saturated heterocycles. The smallest absolute Gasteiger partial charge is 0.176 e. The lowest BCUT2D eigenvalue weighted by Crippen LogP contribution is -2.43. The summed E-state index contributed by atoms with van der Waals surface area (Å²) in [6.07, 6.45) is 1.38. The predicted octanol–water partition coefficient (Wildman–Crippen LogP) is 5.93. The number of carbonyl (C=O) groups excluding carboxylic acids is 3. The van der Waals surface area contributed by atoms with Crippen molar-refractivity contribution in [3.8, 4) is 0 Å². The molecule has 1 unspecified atom stereocenters. The van der Waals surface area contributed by atoms with Gasteiger partial charge in [0.25, 0.3) is 0 Å². The summed E-state index contributed by atoms with van der Waals surface area (Å²) >= 11 is 6.86. The van der Waals surface area contributed by atoms with Crippen molar-refractivity contribution in [2.24, 2.45) is 5.92 Å². The normalized spacial score (nSPS) is 17.7. The molecule has 32 heavy (non-hydrogen) atoms. The van der Waals surface area contributed by atoms with Crippen LogP contribution in [0.2, 0.25) is 0 Å². The highest BCUT2D eigenvalue weighted by Crippen LogP contribution is 2.33. The molecule has 5 nitrogen and oxygen atoms in total. The second-order valence-corrected chi connectivity index (χ2v) is 10.5. The van der Waals surface area contributed by atoms with Crippen molar-refractivity contribution in [1.29, 1.82) is 0 Å². The van der Waals surface area contributed by atoms with Gasteiger partial charge in [-0.1, -0.05) is 31.9 Å². The van der Waals surface area contributed by atoms with E-state index in [9.17, 15) is 14.4 Å². The molecule has 0 amide bonds. The zero-order chi connectivity index (χ0) is 23.6. The summed E-state index contributed by atoms with van der Waals surface area (Å²) in [4.78, 5) is 39.1. The summed E-state index contributed by atoms with van der Waals surface area (Å²) in [5, 5.41) is 0. The van der Waals surface area contributed by atoms with Gasteiger partial charge in [0.2, 0.25) is 0 Å². The van der Waals surface area contributed by atoms with Crippen molar-refractivity contribution in [2.75, 3.05) is 22.9 Å². The number of halogens is 2. The van der Waals surface area contributed by atoms with E-state index in [0.29, 0.717) is 24.6 Å². The van der Waals surface area contributed by atoms with Crippen LogP contribution in [0.25, 0.3) is 0 Å². The number of Topliss-reactive ketones (excluding diaryl/α,β-unsaturated/α-hetero) is 2. The van der Waals surface area contributed by atoms with Gasteiger partial charge >= 0.3 is 0 Å². The standard InChI is InChI=1S/C13H14BrNO2.C12H14BrNO/c1-8(2)15-6-9(7-16)13(17)11-4-3-10(14)5-12(11)15;1-8(2)14-6-5-12(15)10-4-3-9(13)7-11(10)14/h3-5,7-9H,6H2,1-2H3;3-4,7-8H,5-6H2,1-2H3. The Morgan fingerprint density at radius 3 is 1.94 bits per heavy atom. The number of nitrogens with zero attached hydrogens (tertiary/aromatic N) is 2. The van der Waals surface area contributed by atoms with E-state index in [1.807, 2.05) is 30.3 Å². The van der Waals surface area contributed by atoms with E-state index in [1.165, 1.54) is 0 Å². The van der Waals surface area contributed by atoms with E-state index in [0.717, 1.165) is 38.7 Å². The number of carbonyl (C=O) groups is 3. The highest BCUT2D eigenvalue weighted by Gasteiger charge is 2.32. The number of ketones is 2. The van der Waals surface area contributed by atoms with Crippen LogP contribution in [0.5, 0.6) is 0 Å². The number of anilines is 2. The fourth-order valence-electron chi connectivity index (χ4n) is 4.13. The van der Waals surface area contributed by atoms with Crippen molar-refractivity contribution in [2.45, 2.75) is 46.2 Å². The summed E-state index contributed by atoms with van der Waals surface area (Å²) < 4.78 is 1.97. The van der Waals surface area contributed by atoms with Crippen LogP contribution >= 0.6 is 31.9 Å². The van der Waals surface area contributed by atoms with Crippen LogP contribution in [0.1, 0.15) is 54.8 Å². The first kappa shape index (κ1) is 24.6. The van der Waals surface area contributed by atoms with Gasteiger partial charge in [-0.2, -0.15) is 0 Å². The van der Waals surface area contributed by atoms with Gasteiger partial charge in [0.05, 0.1) is 5.92 Å². The number of hydrogen-bond donors (Lipinski definition) is 0. The monoisotopic (exact) mass is 562 g/mol. The quantitative estimate of drug-likeness (QED) is 0.342. The van der Waals surface area contributed by atoms with Gasteiger partial charge in [0, 0.05) is 63.0 Å². The highest BCUT2D eigenvalue weighted by molar-refractivity contribution is 9.10. The molecule has 0 radical (unpaired) electrons. The van der Waals surface area contributed by atoms with Crippen LogP contribution in [0, 0.1) is 5.92 Å². The molecular weight excluding hydrogens is 536 g/mol. The molecule has 0 bridgehead atoms. The van der Waals surface area contributed by atoms with E-state index >= 15 is 0 Å². The maximum atomic E-state index is 12.1. The van der Waals surface area contributed by atoms with Crippen molar-refractivity contribution in [3.63, 3.8) is 0 Å². The molecule has 2 aromatic rings. The van der Waals surface area contributed by atoms with Crippen LogP contribution in [-0.4, -0.2) is 43.0 Å². The minimum absolute atomic E-state index is 0.0700. The lowest BCUT2D eigenvalue weighted by atomic mass is 9.91. The Morgan fingerprint density at radius 2 is 1.41 bits per heavy atom. The maximum absolute atomic E-state index is 12.1. The Labute approximate surface area is 206 Å². The van der Waals surface area contributed by atoms with Gasteiger partial charge in [0.1, 0.15) is 6.29 Å². The molecule has 170 valence electrons. The van der Waals surface area contributed by atoms with Crippen molar-refractivity contribution >= 4 is 61.1 Å². The second-order valence-electron chi connectivity index (χ2n) is 8.64. The molecule has 0 aromatic heterocycles. The molecule has 2 aromatic carbocycles. The van der Waals surface area contributed by atoms with Gasteiger partial charge < -0.3 is 14.6 Å². The highest BCUT2D eigenvalue weighted by atomic mass is 79.9. The lowest BCUT2D eigenvalue weighted by molar-refractivity contribution is -0.109. The Morgan fingerprint density at radius 1 is 0.875 bits per heavy atom. The first-order valence-corrected chi connectivity index (χ1v) is 12.4. The third-order valence-corrected chi connectivity index (χ3v) is 6.81. The third kappa shape index (κ3) is 5.15. The Balaban J connectivity index is 0.000000182. The fourth-order valence-corrected chi connectivity index (χ4v) is 4.83. The number of fused-ring (bicyclic) bond motifs is 2. The molecule has 2 aliphatic rings. The van der Waals surface area contributed by atoms with Crippen LogP contribution in [0.3, 0.4) is 0 Å². The van der Waals surface area contributed by atoms with Crippen LogP contribution in [0.15, 0.2) is 45.3 Å². The number of rotatable bonds is 3. The van der Waals surface area contributed by atoms with Crippen LogP contribution in [0.4, 0.5) is 11.4 Å². The Bertz CT molecular complexity index is 1040. The minimum Gasteiger partial charge on any atom is -0.368 e. The number of aldehydes is 1. The molecule has 0 N–H and O–H groups in total. The SMILES string of the molecule is CC(C)N1CC(C=O)C(=O)c2ccc(Br)cc21.CC(C)N1CCC(=O)c2ccc(Br)cc21. The molecule has 0 saturated carbocycles. The van der Waals surface area contributed by atoms with Crippen molar-refractivity contribution in [3.05, 3.63) is 56.5 Å². The largest absolute Gasteiger partial charge is 0.368 e. The van der Waals surface area contributed by atoms with Crippen LogP contribution in [-0.2, 0) is 4.79 Å². The number of hydrogen-bond acceptors (Lipinski definition) is 5. The summed E-state index contributed by atoms with van der Waals surface area (Å²) in [5.74, 6) is -0.347. The van der Waals surface area contributed by atoms with E-state index in [2.05, 4.69) is 69.4 Å². The molecule has 0 fully saturated rings. The summed E-state index contributed by atoms with van der Waals surface area (Å²) in [5.41, 5.74) is 3.48. The van der Waals surface area contributed by atoms with Gasteiger partial charge in [-0.15, -0.1) is 0 Å². The zero-order valence-corrected chi connectivity index (χ0v) is 21.9. The first-order chi connectivity index (χ1) is 15.1. The van der Waals surface area contributed by atoms with E-state index in [-0.39, 0.29) is 17.6 Å². The average molecular weight is 564 g/mol. The molecule has 4 rings (SSSR count).